The van der Waals surface area contributed by atoms with Gasteiger partial charge in [-0.05, 0) is 43.2 Å². The highest BCUT2D eigenvalue weighted by molar-refractivity contribution is 7.92. The summed E-state index contributed by atoms with van der Waals surface area (Å²) in [6.45, 7) is 0. The van der Waals surface area contributed by atoms with Crippen LogP contribution in [-0.4, -0.2) is 24.6 Å². The van der Waals surface area contributed by atoms with E-state index < -0.39 is 9.84 Å². The molecule has 1 fully saturated rings. The monoisotopic (exact) mass is 368 g/mol. The van der Waals surface area contributed by atoms with Crippen molar-refractivity contribution in [2.75, 3.05) is 5.32 Å². The summed E-state index contributed by atoms with van der Waals surface area (Å²) >= 11 is 0. The lowest BCUT2D eigenvalue weighted by Gasteiger charge is -2.12. The van der Waals surface area contributed by atoms with Crippen molar-refractivity contribution in [2.24, 2.45) is 0 Å². The molecule has 1 aromatic heterocycles. The first-order valence-electron chi connectivity index (χ1n) is 8.77. The van der Waals surface area contributed by atoms with E-state index in [1.807, 2.05) is 24.3 Å². The topological polar surface area (TPSA) is 79.0 Å². The maximum Gasteiger partial charge on any atom is 0.272 e. The van der Waals surface area contributed by atoms with E-state index in [0.29, 0.717) is 24.2 Å². The Kier molecular flexibility index (Phi) is 4.28. The number of rotatable bonds is 4. The van der Waals surface area contributed by atoms with E-state index in [1.165, 1.54) is 0 Å². The number of nitrogens with one attached hydrogen (secondary N) is 2. The first-order valence-corrected chi connectivity index (χ1v) is 10.3. The van der Waals surface area contributed by atoms with Crippen LogP contribution in [0.1, 0.15) is 36.2 Å². The lowest BCUT2D eigenvalue weighted by atomic mass is 10.2. The number of para-hydroxylation sites is 1. The molecule has 1 saturated carbocycles. The van der Waals surface area contributed by atoms with E-state index in [2.05, 4.69) is 10.3 Å². The Morgan fingerprint density at radius 3 is 2.54 bits per heavy atom. The normalized spacial score (nSPS) is 15.4. The number of hydrogen-bond acceptors (Lipinski definition) is 3. The van der Waals surface area contributed by atoms with Crippen molar-refractivity contribution < 1.29 is 13.2 Å². The zero-order valence-electron chi connectivity index (χ0n) is 14.2. The van der Waals surface area contributed by atoms with Crippen LogP contribution < -0.4 is 5.32 Å². The van der Waals surface area contributed by atoms with Gasteiger partial charge in [0, 0.05) is 16.6 Å². The molecule has 0 atom stereocenters. The van der Waals surface area contributed by atoms with Gasteiger partial charge in [-0.25, -0.2) is 8.42 Å². The van der Waals surface area contributed by atoms with E-state index in [0.717, 1.165) is 23.7 Å². The molecule has 2 N–H and O–H groups in total. The molecule has 1 aliphatic rings. The summed E-state index contributed by atoms with van der Waals surface area (Å²) in [6, 6.07) is 16.0. The highest BCUT2D eigenvalue weighted by Crippen LogP contribution is 2.30. The Morgan fingerprint density at radius 1 is 1.00 bits per heavy atom. The van der Waals surface area contributed by atoms with Gasteiger partial charge in [-0.15, -0.1) is 0 Å². The molecule has 0 unspecified atom stereocenters. The van der Waals surface area contributed by atoms with E-state index in [1.54, 1.807) is 30.3 Å². The third kappa shape index (κ3) is 3.12. The average Bonchev–Trinajstić information content (AvgIpc) is 3.32. The van der Waals surface area contributed by atoms with Crippen LogP contribution in [-0.2, 0) is 9.84 Å². The maximum absolute atomic E-state index is 12.7. The zero-order chi connectivity index (χ0) is 18.1. The summed E-state index contributed by atoms with van der Waals surface area (Å²) in [7, 11) is -3.34. The molecular weight excluding hydrogens is 348 g/mol. The van der Waals surface area contributed by atoms with Crippen LogP contribution in [0.2, 0.25) is 0 Å². The molecular formula is C20H20N2O3S. The van der Waals surface area contributed by atoms with Crippen molar-refractivity contribution in [3.8, 4) is 0 Å². The van der Waals surface area contributed by atoms with Crippen LogP contribution in [0, 0.1) is 0 Å². The molecule has 0 radical (unpaired) electrons. The zero-order valence-corrected chi connectivity index (χ0v) is 15.1. The van der Waals surface area contributed by atoms with Gasteiger partial charge >= 0.3 is 0 Å². The smallest absolute Gasteiger partial charge is 0.272 e. The van der Waals surface area contributed by atoms with Crippen molar-refractivity contribution in [3.05, 3.63) is 60.3 Å². The SMILES string of the molecule is O=C(Nc1cccc(S(=O)(=O)C2CCCC2)c1)c1cc2ccccc2[nH]1. The maximum atomic E-state index is 12.7. The number of aromatic amines is 1. The third-order valence-corrected chi connectivity index (χ3v) is 7.20. The van der Waals surface area contributed by atoms with Crippen LogP contribution in [0.4, 0.5) is 5.69 Å². The minimum absolute atomic E-state index is 0.277. The van der Waals surface area contributed by atoms with Crippen LogP contribution in [0.25, 0.3) is 10.9 Å². The van der Waals surface area contributed by atoms with E-state index >= 15 is 0 Å². The van der Waals surface area contributed by atoms with Crippen LogP contribution in [0.15, 0.2) is 59.5 Å². The molecule has 2 aromatic carbocycles. The Morgan fingerprint density at radius 2 is 1.77 bits per heavy atom. The van der Waals surface area contributed by atoms with E-state index in [9.17, 15) is 13.2 Å². The molecule has 26 heavy (non-hydrogen) atoms. The molecule has 4 rings (SSSR count). The third-order valence-electron chi connectivity index (χ3n) is 4.94. The molecule has 0 aliphatic heterocycles. The molecule has 0 saturated heterocycles. The largest absolute Gasteiger partial charge is 0.351 e. The Bertz CT molecular complexity index is 1030. The number of fused-ring (bicyclic) bond motifs is 1. The molecule has 1 aliphatic carbocycles. The predicted molar refractivity (Wildman–Crippen MR) is 102 cm³/mol. The summed E-state index contributed by atoms with van der Waals surface area (Å²) in [5, 5.41) is 3.44. The number of carbonyl (C=O) groups excluding carboxylic acids is 1. The number of H-pyrrole nitrogens is 1. The second-order valence-electron chi connectivity index (χ2n) is 6.70. The average molecular weight is 368 g/mol. The highest BCUT2D eigenvalue weighted by atomic mass is 32.2. The minimum Gasteiger partial charge on any atom is -0.351 e. The summed E-state index contributed by atoms with van der Waals surface area (Å²) < 4.78 is 25.5. The molecule has 1 heterocycles. The fourth-order valence-electron chi connectivity index (χ4n) is 3.54. The number of hydrogen-bond donors (Lipinski definition) is 2. The summed E-state index contributed by atoms with van der Waals surface area (Å²) in [6.07, 6.45) is 3.35. The lowest BCUT2D eigenvalue weighted by molar-refractivity contribution is 0.102. The Balaban J connectivity index is 1.57. The molecule has 1 amide bonds. The Labute approximate surface area is 152 Å². The Hall–Kier alpha value is -2.60. The predicted octanol–water partition coefficient (Wildman–Crippen LogP) is 4.14. The second-order valence-corrected chi connectivity index (χ2v) is 8.93. The fourth-order valence-corrected chi connectivity index (χ4v) is 5.43. The summed E-state index contributed by atoms with van der Waals surface area (Å²) in [4.78, 5) is 15.9. The van der Waals surface area contributed by atoms with Gasteiger partial charge in [0.2, 0.25) is 0 Å². The van der Waals surface area contributed by atoms with Crippen molar-refractivity contribution in [3.63, 3.8) is 0 Å². The van der Waals surface area contributed by atoms with Crippen molar-refractivity contribution in [1.82, 2.24) is 4.98 Å². The van der Waals surface area contributed by atoms with Gasteiger partial charge in [0.05, 0.1) is 10.1 Å². The van der Waals surface area contributed by atoms with Crippen LogP contribution in [0.3, 0.4) is 0 Å². The van der Waals surface area contributed by atoms with Crippen molar-refractivity contribution in [2.45, 2.75) is 35.8 Å². The summed E-state index contributed by atoms with van der Waals surface area (Å²) in [5.74, 6) is -0.295. The number of amides is 1. The molecule has 6 heteroatoms. The van der Waals surface area contributed by atoms with Crippen LogP contribution >= 0.6 is 0 Å². The lowest BCUT2D eigenvalue weighted by Crippen LogP contribution is -2.18. The van der Waals surface area contributed by atoms with Gasteiger partial charge in [-0.3, -0.25) is 4.79 Å². The molecule has 0 spiro atoms. The molecule has 0 bridgehead atoms. The quantitative estimate of drug-likeness (QED) is 0.726. The molecule has 134 valence electrons. The van der Waals surface area contributed by atoms with Gasteiger partial charge < -0.3 is 10.3 Å². The number of carbonyl (C=O) groups is 1. The van der Waals surface area contributed by atoms with Gasteiger partial charge in [-0.2, -0.15) is 0 Å². The number of benzene rings is 2. The van der Waals surface area contributed by atoms with Crippen molar-refractivity contribution >= 4 is 32.3 Å². The van der Waals surface area contributed by atoms with Gasteiger partial charge in [-0.1, -0.05) is 37.1 Å². The van der Waals surface area contributed by atoms with Gasteiger partial charge in [0.1, 0.15) is 5.69 Å². The van der Waals surface area contributed by atoms with Crippen molar-refractivity contribution in [1.29, 1.82) is 0 Å². The fraction of sp³-hybridized carbons (Fsp3) is 0.250. The summed E-state index contributed by atoms with van der Waals surface area (Å²) in [5.41, 5.74) is 1.80. The molecule has 3 aromatic rings. The van der Waals surface area contributed by atoms with E-state index in [4.69, 9.17) is 0 Å². The first kappa shape index (κ1) is 16.8. The van der Waals surface area contributed by atoms with Crippen LogP contribution in [0.5, 0.6) is 0 Å². The van der Waals surface area contributed by atoms with Gasteiger partial charge in [0.25, 0.3) is 5.91 Å². The minimum atomic E-state index is -3.34. The molecule has 5 nitrogen and oxygen atoms in total. The standard InChI is InChI=1S/C20H20N2O3S/c23-20(19-12-14-6-1-4-11-18(14)22-19)21-15-7-5-10-17(13-15)26(24,25)16-8-2-3-9-16/h1,4-7,10-13,16,22H,2-3,8-9H2,(H,21,23). The number of anilines is 1. The number of aromatic nitrogens is 1. The highest BCUT2D eigenvalue weighted by Gasteiger charge is 2.30. The first-order chi connectivity index (χ1) is 12.5. The number of sulfone groups is 1. The van der Waals surface area contributed by atoms with E-state index in [-0.39, 0.29) is 16.1 Å². The van der Waals surface area contributed by atoms with Gasteiger partial charge in [0.15, 0.2) is 9.84 Å². The second kappa shape index (κ2) is 6.61.